The van der Waals surface area contributed by atoms with Crippen LogP contribution in [0.25, 0.3) is 22.4 Å². The van der Waals surface area contributed by atoms with Gasteiger partial charge in [0.1, 0.15) is 12.7 Å². The molecule has 0 fully saturated rings. The second-order valence-electron chi connectivity index (χ2n) is 6.90. The highest BCUT2D eigenvalue weighted by atomic mass is 79.9. The molecule has 3 aromatic rings. The third-order valence-electron chi connectivity index (χ3n) is 5.38. The third-order valence-corrected chi connectivity index (χ3v) is 5.91. The zero-order valence-corrected chi connectivity index (χ0v) is 17.6. The Balaban J connectivity index is 0.00000168. The number of imidazole rings is 1. The molecule has 0 unspecified atom stereocenters. The second-order valence-corrected chi connectivity index (χ2v) is 7.82. The van der Waals surface area contributed by atoms with Crippen LogP contribution < -0.4 is 21.5 Å². The lowest BCUT2D eigenvalue weighted by molar-refractivity contribution is -0.681. The highest BCUT2D eigenvalue weighted by Crippen LogP contribution is 2.38. The molecule has 0 saturated carbocycles. The van der Waals surface area contributed by atoms with Crippen molar-refractivity contribution in [1.82, 2.24) is 4.57 Å². The van der Waals surface area contributed by atoms with Gasteiger partial charge in [-0.3, -0.25) is 0 Å². The largest absolute Gasteiger partial charge is 1.00 e. The summed E-state index contributed by atoms with van der Waals surface area (Å²) in [6.45, 7) is 2.10. The molecule has 5 rings (SSSR count). The van der Waals surface area contributed by atoms with Crippen LogP contribution in [0.1, 0.15) is 30.7 Å². The van der Waals surface area contributed by atoms with Crippen molar-refractivity contribution in [3.8, 4) is 11.3 Å². The van der Waals surface area contributed by atoms with E-state index in [1.807, 2.05) is 0 Å². The molecular formula is C22H20Br2N2. The Morgan fingerprint density at radius 3 is 2.38 bits per heavy atom. The average molecular weight is 472 g/mol. The van der Waals surface area contributed by atoms with Gasteiger partial charge < -0.3 is 17.0 Å². The monoisotopic (exact) mass is 470 g/mol. The molecular weight excluding hydrogens is 452 g/mol. The molecule has 2 aromatic carbocycles. The number of hydrogen-bond acceptors (Lipinski definition) is 0. The van der Waals surface area contributed by atoms with Gasteiger partial charge in [-0.15, -0.1) is 0 Å². The molecule has 0 N–H and O–H groups in total. The van der Waals surface area contributed by atoms with E-state index in [1.54, 1.807) is 5.57 Å². The summed E-state index contributed by atoms with van der Waals surface area (Å²) >= 11 is 3.55. The first-order valence-corrected chi connectivity index (χ1v) is 9.77. The topological polar surface area (TPSA) is 8.81 Å². The Hall–Kier alpha value is -1.65. The van der Waals surface area contributed by atoms with E-state index in [4.69, 9.17) is 0 Å². The lowest BCUT2D eigenvalue weighted by Gasteiger charge is -2.05. The molecule has 26 heavy (non-hydrogen) atoms. The summed E-state index contributed by atoms with van der Waals surface area (Å²) in [7, 11) is 0. The number of aromatic nitrogens is 2. The number of hydrogen-bond donors (Lipinski definition) is 0. The lowest BCUT2D eigenvalue weighted by atomic mass is 9.98. The van der Waals surface area contributed by atoms with Crippen molar-refractivity contribution >= 4 is 27.1 Å². The van der Waals surface area contributed by atoms with E-state index in [0.29, 0.717) is 0 Å². The number of allylic oxidation sites excluding steroid dienone is 2. The molecule has 0 saturated heterocycles. The Morgan fingerprint density at radius 2 is 1.62 bits per heavy atom. The number of halogens is 2. The van der Waals surface area contributed by atoms with Crippen LogP contribution in [0.5, 0.6) is 0 Å². The quantitative estimate of drug-likeness (QED) is 0.507. The van der Waals surface area contributed by atoms with Crippen LogP contribution in [0.4, 0.5) is 0 Å². The van der Waals surface area contributed by atoms with E-state index in [1.165, 1.54) is 47.5 Å². The molecule has 0 atom stereocenters. The van der Waals surface area contributed by atoms with Gasteiger partial charge in [-0.25, -0.2) is 9.13 Å². The predicted octanol–water partition coefficient (Wildman–Crippen LogP) is 2.32. The van der Waals surface area contributed by atoms with Crippen molar-refractivity contribution in [2.75, 3.05) is 0 Å². The fraction of sp³-hybridized carbons (Fsp3) is 0.227. The molecule has 2 nitrogen and oxygen atoms in total. The smallest absolute Gasteiger partial charge is 0.285 e. The molecule has 1 aromatic heterocycles. The number of nitrogens with zero attached hydrogens (tertiary/aromatic N) is 2. The Bertz CT molecular complexity index is 969. The van der Waals surface area contributed by atoms with Crippen LogP contribution in [0, 0.1) is 0 Å². The molecule has 2 aliphatic rings. The first-order chi connectivity index (χ1) is 12.3. The maximum absolute atomic E-state index is 3.55. The van der Waals surface area contributed by atoms with Crippen molar-refractivity contribution in [3.63, 3.8) is 0 Å². The number of rotatable bonds is 2. The van der Waals surface area contributed by atoms with E-state index in [9.17, 15) is 0 Å². The van der Waals surface area contributed by atoms with Gasteiger partial charge in [0.15, 0.2) is 5.69 Å². The van der Waals surface area contributed by atoms with Crippen LogP contribution in [0.3, 0.4) is 0 Å². The molecule has 0 aliphatic carbocycles. The van der Waals surface area contributed by atoms with Gasteiger partial charge in [0.2, 0.25) is 0 Å². The molecule has 0 amide bonds. The summed E-state index contributed by atoms with van der Waals surface area (Å²) in [4.78, 5) is 0. The Kier molecular flexibility index (Phi) is 4.89. The van der Waals surface area contributed by atoms with Crippen molar-refractivity contribution in [1.29, 1.82) is 0 Å². The van der Waals surface area contributed by atoms with Crippen LogP contribution >= 0.6 is 15.9 Å². The van der Waals surface area contributed by atoms with E-state index < -0.39 is 0 Å². The maximum Gasteiger partial charge on any atom is 0.285 e. The standard InChI is InChI=1S/C22H20BrN2.BrH/c23-18-11-9-16(10-12-18)20-14-24-15-21(17-6-2-1-3-7-17)25-13-5-4-8-19(20)22(24)25;/h1-3,6-7,9-12,15H,4-5,8,13-14H2;1H/q+1;/p-1. The summed E-state index contributed by atoms with van der Waals surface area (Å²) < 4.78 is 6.14. The minimum Gasteiger partial charge on any atom is -1.00 e. The van der Waals surface area contributed by atoms with Crippen LogP contribution in [-0.2, 0) is 13.1 Å². The summed E-state index contributed by atoms with van der Waals surface area (Å²) in [5.41, 5.74) is 7.07. The average Bonchev–Trinajstić information content (AvgIpc) is 3.08. The van der Waals surface area contributed by atoms with Crippen molar-refractivity contribution in [3.05, 3.63) is 76.7 Å². The van der Waals surface area contributed by atoms with Gasteiger partial charge >= 0.3 is 0 Å². The van der Waals surface area contributed by atoms with E-state index in [-0.39, 0.29) is 17.0 Å². The Labute approximate surface area is 173 Å². The van der Waals surface area contributed by atoms with Crippen LogP contribution in [0.15, 0.2) is 65.3 Å². The summed E-state index contributed by atoms with van der Waals surface area (Å²) in [5.74, 6) is 1.43. The molecule has 0 radical (unpaired) electrons. The Morgan fingerprint density at radius 1 is 0.846 bits per heavy atom. The van der Waals surface area contributed by atoms with Gasteiger partial charge in [-0.1, -0.05) is 58.4 Å². The highest BCUT2D eigenvalue weighted by molar-refractivity contribution is 9.10. The van der Waals surface area contributed by atoms with Crippen molar-refractivity contribution in [2.24, 2.45) is 0 Å². The van der Waals surface area contributed by atoms with Gasteiger partial charge in [0.25, 0.3) is 5.82 Å². The fourth-order valence-corrected chi connectivity index (χ4v) is 4.49. The first-order valence-electron chi connectivity index (χ1n) is 8.98. The van der Waals surface area contributed by atoms with E-state index >= 15 is 0 Å². The van der Waals surface area contributed by atoms with E-state index in [2.05, 4.69) is 85.9 Å². The summed E-state index contributed by atoms with van der Waals surface area (Å²) in [6, 6.07) is 19.6. The number of benzene rings is 2. The van der Waals surface area contributed by atoms with Gasteiger partial charge in [0.05, 0.1) is 6.54 Å². The maximum atomic E-state index is 3.55. The molecule has 0 bridgehead atoms. The second kappa shape index (κ2) is 7.16. The fourth-order valence-electron chi connectivity index (χ4n) is 4.22. The highest BCUT2D eigenvalue weighted by Gasteiger charge is 2.36. The van der Waals surface area contributed by atoms with Gasteiger partial charge in [0, 0.05) is 21.2 Å². The molecule has 2 aliphatic heterocycles. The molecule has 132 valence electrons. The zero-order valence-electron chi connectivity index (χ0n) is 14.5. The summed E-state index contributed by atoms with van der Waals surface area (Å²) in [5, 5.41) is 0. The SMILES string of the molecule is Brc1ccc(C2=C3CCCCn4c(-c5ccccc5)c[n+](c43)C2)cc1.[Br-]. The summed E-state index contributed by atoms with van der Waals surface area (Å²) in [6.07, 6.45) is 6.05. The molecule has 4 heteroatoms. The first kappa shape index (κ1) is 17.7. The molecule has 0 spiro atoms. The minimum atomic E-state index is 0. The van der Waals surface area contributed by atoms with Gasteiger partial charge in [-0.2, -0.15) is 0 Å². The zero-order chi connectivity index (χ0) is 16.8. The van der Waals surface area contributed by atoms with Crippen LogP contribution in [0.2, 0.25) is 0 Å². The molecule has 3 heterocycles. The van der Waals surface area contributed by atoms with Gasteiger partial charge in [-0.05, 0) is 37.0 Å². The third kappa shape index (κ3) is 2.89. The predicted molar refractivity (Wildman–Crippen MR) is 105 cm³/mol. The van der Waals surface area contributed by atoms with Crippen LogP contribution in [-0.4, -0.2) is 4.57 Å². The van der Waals surface area contributed by atoms with E-state index in [0.717, 1.165) is 17.6 Å². The van der Waals surface area contributed by atoms with Crippen molar-refractivity contribution in [2.45, 2.75) is 32.4 Å². The normalized spacial score (nSPS) is 15.4. The minimum absolute atomic E-state index is 0. The lowest BCUT2D eigenvalue weighted by Crippen LogP contribution is -3.00. The van der Waals surface area contributed by atoms with Crippen molar-refractivity contribution < 1.29 is 21.5 Å².